The van der Waals surface area contributed by atoms with Crippen molar-refractivity contribution in [3.8, 4) is 5.75 Å². The third kappa shape index (κ3) is 18.2. The van der Waals surface area contributed by atoms with Crippen molar-refractivity contribution in [3.63, 3.8) is 0 Å². The van der Waals surface area contributed by atoms with Crippen LogP contribution in [0.4, 0.5) is 0 Å². The first-order valence-electron chi connectivity index (χ1n) is 15.4. The third-order valence-electron chi connectivity index (χ3n) is 6.79. The number of carboxylic acid groups (broad SMARTS) is 1. The number of aliphatic carboxylic acids is 1. The molecule has 0 aliphatic rings. The van der Waals surface area contributed by atoms with Crippen molar-refractivity contribution in [2.24, 2.45) is 49.4 Å². The third-order valence-corrected chi connectivity index (χ3v) is 6.79. The van der Waals surface area contributed by atoms with Crippen LogP contribution in [0.2, 0.25) is 0 Å². The van der Waals surface area contributed by atoms with E-state index in [1.807, 2.05) is 0 Å². The van der Waals surface area contributed by atoms with Crippen molar-refractivity contribution in [1.29, 1.82) is 0 Å². The molecule has 1 rings (SSSR count). The predicted octanol–water partition coefficient (Wildman–Crippen LogP) is -3.86. The van der Waals surface area contributed by atoms with E-state index in [0.29, 0.717) is 5.56 Å². The minimum Gasteiger partial charge on any atom is -0.508 e. The number of guanidine groups is 3. The maximum absolute atomic E-state index is 13.7. The molecule has 20 nitrogen and oxygen atoms in total. The molecule has 0 aliphatic heterocycles. The Balaban J connectivity index is 3.26. The van der Waals surface area contributed by atoms with Gasteiger partial charge in [0.15, 0.2) is 17.9 Å². The van der Waals surface area contributed by atoms with Gasteiger partial charge in [0, 0.05) is 33.0 Å². The molecule has 0 saturated heterocycles. The molecule has 0 radical (unpaired) electrons. The number of nitrogens with zero attached hydrogens (tertiary/aromatic N) is 3. The molecular formula is C29H49N13O7. The lowest BCUT2D eigenvalue weighted by Gasteiger charge is -2.26. The Morgan fingerprint density at radius 1 is 0.612 bits per heavy atom. The molecule has 4 atom stereocenters. The second kappa shape index (κ2) is 21.9. The van der Waals surface area contributed by atoms with E-state index in [0.717, 1.165) is 0 Å². The van der Waals surface area contributed by atoms with E-state index < -0.39 is 53.8 Å². The van der Waals surface area contributed by atoms with Gasteiger partial charge in [0.2, 0.25) is 23.6 Å². The predicted molar refractivity (Wildman–Crippen MR) is 183 cm³/mol. The molecule has 18 N–H and O–H groups in total. The first kappa shape index (κ1) is 41.2. The Labute approximate surface area is 283 Å². The van der Waals surface area contributed by atoms with E-state index in [-0.39, 0.29) is 88.2 Å². The number of hydrogen-bond donors (Lipinski definition) is 12. The largest absolute Gasteiger partial charge is 0.508 e. The molecule has 4 amide bonds. The van der Waals surface area contributed by atoms with Crippen LogP contribution in [-0.4, -0.2) is 101 Å². The fourth-order valence-electron chi connectivity index (χ4n) is 4.45. The van der Waals surface area contributed by atoms with Crippen LogP contribution in [-0.2, 0) is 30.4 Å². The van der Waals surface area contributed by atoms with Crippen LogP contribution in [0.3, 0.4) is 0 Å². The van der Waals surface area contributed by atoms with Gasteiger partial charge in [0.1, 0.15) is 29.9 Å². The van der Waals surface area contributed by atoms with Gasteiger partial charge in [-0.15, -0.1) is 0 Å². The molecule has 49 heavy (non-hydrogen) atoms. The van der Waals surface area contributed by atoms with Crippen LogP contribution in [0.15, 0.2) is 39.2 Å². The number of amides is 4. The molecule has 1 aromatic carbocycles. The summed E-state index contributed by atoms with van der Waals surface area (Å²) >= 11 is 0. The normalized spacial score (nSPS) is 12.9. The highest BCUT2D eigenvalue weighted by molar-refractivity contribution is 5.95. The second-order valence-corrected chi connectivity index (χ2v) is 11.0. The minimum atomic E-state index is -1.33. The summed E-state index contributed by atoms with van der Waals surface area (Å²) in [5, 5.41) is 29.5. The van der Waals surface area contributed by atoms with Crippen LogP contribution in [0.5, 0.6) is 5.75 Å². The maximum Gasteiger partial charge on any atom is 0.326 e. The first-order chi connectivity index (χ1) is 23.1. The molecule has 0 saturated carbocycles. The molecule has 20 heteroatoms. The van der Waals surface area contributed by atoms with Gasteiger partial charge in [0.05, 0.1) is 0 Å². The number of carbonyl (C=O) groups is 5. The number of nitrogens with one attached hydrogen (secondary N) is 4. The fraction of sp³-hybridized carbons (Fsp3) is 0.517. The monoisotopic (exact) mass is 691 g/mol. The van der Waals surface area contributed by atoms with Crippen LogP contribution in [0, 0.1) is 0 Å². The summed E-state index contributed by atoms with van der Waals surface area (Å²) in [4.78, 5) is 75.9. The summed E-state index contributed by atoms with van der Waals surface area (Å²) in [6.07, 6.45) is 0.726. The molecule has 0 fully saturated rings. The van der Waals surface area contributed by atoms with Gasteiger partial charge in [0.25, 0.3) is 0 Å². The molecular weight excluding hydrogens is 642 g/mol. The Morgan fingerprint density at radius 2 is 0.980 bits per heavy atom. The summed E-state index contributed by atoms with van der Waals surface area (Å²) in [7, 11) is 0. The van der Waals surface area contributed by atoms with Gasteiger partial charge < -0.3 is 65.9 Å². The van der Waals surface area contributed by atoms with Gasteiger partial charge in [-0.25, -0.2) is 4.79 Å². The number of nitrogens with two attached hydrogens (primary N) is 6. The van der Waals surface area contributed by atoms with E-state index in [9.17, 15) is 34.2 Å². The number of carboxylic acids is 1. The lowest BCUT2D eigenvalue weighted by atomic mass is 10.0. The molecule has 0 aliphatic carbocycles. The van der Waals surface area contributed by atoms with Gasteiger partial charge >= 0.3 is 5.97 Å². The standard InChI is InChI=1S/C29H49N13O7/c1-16(43)39-22(15-17-8-10-18(44)11-9-17)25(47)41-19(5-2-12-36-27(30)31)23(45)40-20(6-3-13-37-28(32)33)24(46)42-21(26(48)49)7-4-14-38-29(34)35/h8-11,19-22,44H,2-7,12-15H2,1H3,(H,39,43)(H,40,45)(H,41,47)(H,42,46)(H,48,49)(H4,30,31,36)(H4,32,33,37)(H4,34,35,38)/t19-,20-,21-,22-/m0/s1. The van der Waals surface area contributed by atoms with E-state index in [4.69, 9.17) is 34.4 Å². The molecule has 0 aromatic heterocycles. The average Bonchev–Trinajstić information content (AvgIpc) is 3.01. The van der Waals surface area contributed by atoms with Gasteiger partial charge in [-0.1, -0.05) is 12.1 Å². The molecule has 0 heterocycles. The number of rotatable bonds is 22. The topological polar surface area (TPSA) is 367 Å². The Bertz CT molecular complexity index is 1340. The highest BCUT2D eigenvalue weighted by atomic mass is 16.4. The van der Waals surface area contributed by atoms with E-state index in [1.54, 1.807) is 12.1 Å². The fourth-order valence-corrected chi connectivity index (χ4v) is 4.45. The van der Waals surface area contributed by atoms with Gasteiger partial charge in [-0.3, -0.25) is 34.2 Å². The number of benzene rings is 1. The number of aliphatic imine (C=N–C) groups is 3. The van der Waals surface area contributed by atoms with Crippen molar-refractivity contribution in [1.82, 2.24) is 21.3 Å². The molecule has 0 unspecified atom stereocenters. The van der Waals surface area contributed by atoms with E-state index >= 15 is 0 Å². The Kier molecular flexibility index (Phi) is 18.4. The second-order valence-electron chi connectivity index (χ2n) is 11.0. The Hall–Kier alpha value is -5.82. The first-order valence-corrected chi connectivity index (χ1v) is 15.4. The number of phenols is 1. The zero-order chi connectivity index (χ0) is 36.9. The minimum absolute atomic E-state index is 0.00126. The maximum atomic E-state index is 13.7. The smallest absolute Gasteiger partial charge is 0.326 e. The van der Waals surface area contributed by atoms with Crippen molar-refractivity contribution in [2.75, 3.05) is 19.6 Å². The summed E-state index contributed by atoms with van der Waals surface area (Å²) < 4.78 is 0. The van der Waals surface area contributed by atoms with Crippen molar-refractivity contribution in [2.45, 2.75) is 76.0 Å². The van der Waals surface area contributed by atoms with E-state index in [2.05, 4.69) is 36.2 Å². The highest BCUT2D eigenvalue weighted by Crippen LogP contribution is 2.12. The Morgan fingerprint density at radius 3 is 1.35 bits per heavy atom. The van der Waals surface area contributed by atoms with Crippen molar-refractivity contribution >= 4 is 47.5 Å². The summed E-state index contributed by atoms with van der Waals surface area (Å²) in [5.74, 6) is -4.60. The SMILES string of the molecule is CC(=O)N[C@@H](Cc1ccc(O)cc1)C(=O)N[C@@H](CCCN=C(N)N)C(=O)N[C@@H](CCCN=C(N)N)C(=O)N[C@@H](CCCN=C(N)N)C(=O)O. The average molecular weight is 692 g/mol. The number of hydrogen-bond acceptors (Lipinski definition) is 9. The summed E-state index contributed by atoms with van der Waals surface area (Å²) in [6.45, 7) is 1.59. The molecule has 0 spiro atoms. The number of phenolic OH excluding ortho intramolecular Hbond substituents is 1. The van der Waals surface area contributed by atoms with Crippen LogP contribution in [0.25, 0.3) is 0 Å². The lowest BCUT2D eigenvalue weighted by Crippen LogP contribution is -2.58. The van der Waals surface area contributed by atoms with Crippen LogP contribution < -0.4 is 55.7 Å². The van der Waals surface area contributed by atoms with Crippen molar-refractivity contribution in [3.05, 3.63) is 29.8 Å². The molecule has 272 valence electrons. The van der Waals surface area contributed by atoms with Crippen molar-refractivity contribution < 1.29 is 34.2 Å². The highest BCUT2D eigenvalue weighted by Gasteiger charge is 2.31. The zero-order valence-electron chi connectivity index (χ0n) is 27.4. The van der Waals surface area contributed by atoms with Crippen LogP contribution in [0.1, 0.15) is 51.0 Å². The molecule has 1 aromatic rings. The van der Waals surface area contributed by atoms with Gasteiger partial charge in [-0.05, 0) is 56.2 Å². The summed E-state index contributed by atoms with van der Waals surface area (Å²) in [5.41, 5.74) is 32.8. The zero-order valence-corrected chi connectivity index (χ0v) is 27.4. The van der Waals surface area contributed by atoms with Crippen LogP contribution >= 0.6 is 0 Å². The molecule has 0 bridgehead atoms. The van der Waals surface area contributed by atoms with Gasteiger partial charge in [-0.2, -0.15) is 0 Å². The summed E-state index contributed by atoms with van der Waals surface area (Å²) in [6, 6.07) is 1.07. The number of carbonyl (C=O) groups excluding carboxylic acids is 4. The lowest BCUT2D eigenvalue weighted by molar-refractivity contribution is -0.142. The number of aromatic hydroxyl groups is 1. The van der Waals surface area contributed by atoms with E-state index in [1.165, 1.54) is 19.1 Å². The quantitative estimate of drug-likeness (QED) is 0.0315.